The Hall–Kier alpha value is -2.28. The SMILES string of the molecule is CC1(C)CC(=NNC(=O)c2cccc([N+](=O)[O-])c2)CC(C)(C)N1. The number of rotatable bonds is 3. The molecule has 1 saturated heterocycles. The first-order valence-corrected chi connectivity index (χ1v) is 7.48. The zero-order chi connectivity index (χ0) is 17.3. The number of piperidine rings is 1. The van der Waals surface area contributed by atoms with E-state index in [4.69, 9.17) is 0 Å². The zero-order valence-electron chi connectivity index (χ0n) is 13.8. The predicted octanol–water partition coefficient (Wildman–Crippen LogP) is 2.62. The van der Waals surface area contributed by atoms with Crippen LogP contribution in [0.4, 0.5) is 5.69 Å². The minimum atomic E-state index is -0.527. The van der Waals surface area contributed by atoms with Crippen LogP contribution in [0.15, 0.2) is 29.4 Å². The number of nitro groups is 1. The molecule has 1 amide bonds. The van der Waals surface area contributed by atoms with E-state index in [1.807, 2.05) is 0 Å². The number of benzene rings is 1. The minimum Gasteiger partial charge on any atom is -0.306 e. The fourth-order valence-electron chi connectivity index (χ4n) is 3.12. The normalized spacial score (nSPS) is 19.0. The van der Waals surface area contributed by atoms with Gasteiger partial charge >= 0.3 is 0 Å². The largest absolute Gasteiger partial charge is 0.306 e. The molecule has 7 heteroatoms. The van der Waals surface area contributed by atoms with Gasteiger partial charge in [0.25, 0.3) is 11.6 Å². The van der Waals surface area contributed by atoms with Crippen LogP contribution in [0.25, 0.3) is 0 Å². The van der Waals surface area contributed by atoms with Crippen molar-refractivity contribution in [2.24, 2.45) is 5.10 Å². The highest BCUT2D eigenvalue weighted by Crippen LogP contribution is 2.26. The van der Waals surface area contributed by atoms with Crippen LogP contribution in [0.5, 0.6) is 0 Å². The number of non-ortho nitro benzene ring substituents is 1. The molecule has 1 aromatic rings. The molecule has 1 aliphatic heterocycles. The van der Waals surface area contributed by atoms with Gasteiger partial charge < -0.3 is 5.32 Å². The number of nitro benzene ring substituents is 1. The Balaban J connectivity index is 2.11. The van der Waals surface area contributed by atoms with Crippen molar-refractivity contribution in [1.82, 2.24) is 10.7 Å². The Morgan fingerprint density at radius 1 is 1.26 bits per heavy atom. The van der Waals surface area contributed by atoms with Crippen LogP contribution in [-0.2, 0) is 0 Å². The molecule has 124 valence electrons. The van der Waals surface area contributed by atoms with Crippen molar-refractivity contribution in [3.8, 4) is 0 Å². The van der Waals surface area contributed by atoms with Gasteiger partial charge in [-0.1, -0.05) is 6.07 Å². The maximum Gasteiger partial charge on any atom is 0.271 e. The van der Waals surface area contributed by atoms with Gasteiger partial charge in [-0.15, -0.1) is 0 Å². The maximum atomic E-state index is 12.1. The first-order valence-electron chi connectivity index (χ1n) is 7.48. The van der Waals surface area contributed by atoms with E-state index in [-0.39, 0.29) is 22.3 Å². The smallest absolute Gasteiger partial charge is 0.271 e. The van der Waals surface area contributed by atoms with Crippen molar-refractivity contribution >= 4 is 17.3 Å². The minimum absolute atomic E-state index is 0.100. The van der Waals surface area contributed by atoms with Crippen molar-refractivity contribution in [2.45, 2.75) is 51.6 Å². The van der Waals surface area contributed by atoms with Gasteiger partial charge in [0.05, 0.1) is 4.92 Å². The molecular weight excluding hydrogens is 296 g/mol. The highest BCUT2D eigenvalue weighted by molar-refractivity contribution is 5.96. The molecule has 23 heavy (non-hydrogen) atoms. The Morgan fingerprint density at radius 3 is 2.43 bits per heavy atom. The van der Waals surface area contributed by atoms with Crippen molar-refractivity contribution in [1.29, 1.82) is 0 Å². The standard InChI is InChI=1S/C16H22N4O3/c1-15(2)9-12(10-16(3,4)19-15)17-18-14(21)11-6-5-7-13(8-11)20(22)23/h5-8,19H,9-10H2,1-4H3,(H,18,21). The Kier molecular flexibility index (Phi) is 4.51. The van der Waals surface area contributed by atoms with Gasteiger partial charge in [0.15, 0.2) is 0 Å². The van der Waals surface area contributed by atoms with Gasteiger partial charge in [-0.05, 0) is 33.8 Å². The summed E-state index contributed by atoms with van der Waals surface area (Å²) in [5, 5.41) is 18.5. The summed E-state index contributed by atoms with van der Waals surface area (Å²) < 4.78 is 0. The summed E-state index contributed by atoms with van der Waals surface area (Å²) in [6.45, 7) is 8.36. The summed E-state index contributed by atoms with van der Waals surface area (Å²) in [4.78, 5) is 22.4. The molecule has 0 aliphatic carbocycles. The van der Waals surface area contributed by atoms with E-state index in [9.17, 15) is 14.9 Å². The molecule has 0 unspecified atom stereocenters. The summed E-state index contributed by atoms with van der Waals surface area (Å²) in [6.07, 6.45) is 1.46. The maximum absolute atomic E-state index is 12.1. The van der Waals surface area contributed by atoms with E-state index in [1.165, 1.54) is 24.3 Å². The van der Waals surface area contributed by atoms with Crippen LogP contribution in [0.1, 0.15) is 50.9 Å². The second-order valence-electron chi connectivity index (χ2n) is 7.17. The monoisotopic (exact) mass is 318 g/mol. The summed E-state index contributed by atoms with van der Waals surface area (Å²) >= 11 is 0. The molecule has 0 atom stereocenters. The summed E-state index contributed by atoms with van der Waals surface area (Å²) in [5.41, 5.74) is 3.31. The highest BCUT2D eigenvalue weighted by Gasteiger charge is 2.35. The predicted molar refractivity (Wildman–Crippen MR) is 88.5 cm³/mol. The van der Waals surface area contributed by atoms with E-state index in [0.717, 1.165) is 18.6 Å². The highest BCUT2D eigenvalue weighted by atomic mass is 16.6. The third-order valence-electron chi connectivity index (χ3n) is 3.60. The molecule has 1 aromatic carbocycles. The van der Waals surface area contributed by atoms with Gasteiger partial charge in [0.2, 0.25) is 0 Å². The number of hydrazone groups is 1. The van der Waals surface area contributed by atoms with Crippen LogP contribution in [0.3, 0.4) is 0 Å². The van der Waals surface area contributed by atoms with Crippen LogP contribution in [-0.4, -0.2) is 27.6 Å². The Labute approximate surface area is 135 Å². The molecule has 1 heterocycles. The quantitative estimate of drug-likeness (QED) is 0.661. The third-order valence-corrected chi connectivity index (χ3v) is 3.60. The summed E-state index contributed by atoms with van der Waals surface area (Å²) in [5.74, 6) is -0.449. The lowest BCUT2D eigenvalue weighted by atomic mass is 9.81. The molecule has 0 saturated carbocycles. The molecule has 7 nitrogen and oxygen atoms in total. The molecule has 0 spiro atoms. The van der Waals surface area contributed by atoms with E-state index >= 15 is 0 Å². The van der Waals surface area contributed by atoms with Crippen LogP contribution < -0.4 is 10.7 Å². The fourth-order valence-corrected chi connectivity index (χ4v) is 3.12. The van der Waals surface area contributed by atoms with Crippen LogP contribution in [0.2, 0.25) is 0 Å². The zero-order valence-corrected chi connectivity index (χ0v) is 13.8. The average Bonchev–Trinajstić information content (AvgIpc) is 2.41. The summed E-state index contributed by atoms with van der Waals surface area (Å²) in [7, 11) is 0. The number of amides is 1. The van der Waals surface area contributed by atoms with Crippen molar-refractivity contribution in [2.75, 3.05) is 0 Å². The van der Waals surface area contributed by atoms with Gasteiger partial charge in [0.1, 0.15) is 0 Å². The van der Waals surface area contributed by atoms with Crippen molar-refractivity contribution in [3.63, 3.8) is 0 Å². The lowest BCUT2D eigenvalue weighted by Crippen LogP contribution is -2.58. The van der Waals surface area contributed by atoms with E-state index in [1.54, 1.807) is 0 Å². The van der Waals surface area contributed by atoms with Gasteiger partial charge in [-0.25, -0.2) is 5.43 Å². The average molecular weight is 318 g/mol. The van der Waals surface area contributed by atoms with Gasteiger partial charge in [-0.3, -0.25) is 14.9 Å². The lowest BCUT2D eigenvalue weighted by molar-refractivity contribution is -0.384. The van der Waals surface area contributed by atoms with E-state index in [0.29, 0.717) is 0 Å². The molecular formula is C16H22N4O3. The topological polar surface area (TPSA) is 96.6 Å². The van der Waals surface area contributed by atoms with E-state index in [2.05, 4.69) is 43.5 Å². The van der Waals surface area contributed by atoms with Gasteiger partial charge in [0, 0.05) is 47.3 Å². The molecule has 1 fully saturated rings. The lowest BCUT2D eigenvalue weighted by Gasteiger charge is -2.43. The van der Waals surface area contributed by atoms with Crippen molar-refractivity contribution < 1.29 is 9.72 Å². The first kappa shape index (κ1) is 17.1. The molecule has 2 rings (SSSR count). The molecule has 0 aromatic heterocycles. The Bertz CT molecular complexity index is 647. The number of hydrogen-bond acceptors (Lipinski definition) is 5. The molecule has 1 aliphatic rings. The van der Waals surface area contributed by atoms with Crippen LogP contribution in [0, 0.1) is 10.1 Å². The van der Waals surface area contributed by atoms with Crippen molar-refractivity contribution in [3.05, 3.63) is 39.9 Å². The Morgan fingerprint density at radius 2 is 1.87 bits per heavy atom. The number of carbonyl (C=O) groups excluding carboxylic acids is 1. The second-order valence-corrected chi connectivity index (χ2v) is 7.17. The number of nitrogens with one attached hydrogen (secondary N) is 2. The van der Waals surface area contributed by atoms with Gasteiger partial charge in [-0.2, -0.15) is 5.10 Å². The van der Waals surface area contributed by atoms with E-state index < -0.39 is 10.8 Å². The summed E-state index contributed by atoms with van der Waals surface area (Å²) in [6, 6.07) is 5.60. The third kappa shape index (κ3) is 4.59. The molecule has 2 N–H and O–H groups in total. The molecule has 0 radical (unpaired) electrons. The number of hydrogen-bond donors (Lipinski definition) is 2. The second kappa shape index (κ2) is 6.08. The first-order chi connectivity index (χ1) is 10.6. The molecule has 0 bridgehead atoms. The number of carbonyl (C=O) groups is 1. The fraction of sp³-hybridized carbons (Fsp3) is 0.500. The number of nitrogens with zero attached hydrogens (tertiary/aromatic N) is 2. The van der Waals surface area contributed by atoms with Crippen LogP contribution >= 0.6 is 0 Å².